The highest BCUT2D eigenvalue weighted by Gasteiger charge is 2.24. The van der Waals surface area contributed by atoms with Gasteiger partial charge in [0.05, 0.1) is 17.3 Å². The van der Waals surface area contributed by atoms with E-state index in [9.17, 15) is 14.4 Å². The molecule has 0 saturated carbocycles. The van der Waals surface area contributed by atoms with Crippen molar-refractivity contribution in [2.24, 2.45) is 5.92 Å². The van der Waals surface area contributed by atoms with E-state index in [0.29, 0.717) is 12.2 Å². The second-order valence-electron chi connectivity index (χ2n) is 7.84. The fraction of sp³-hybridized carbons (Fsp3) is 0.364. The second-order valence-corrected chi connectivity index (χ2v) is 7.84. The van der Waals surface area contributed by atoms with Gasteiger partial charge in [-0.2, -0.15) is 10.4 Å². The van der Waals surface area contributed by atoms with Crippen LogP contribution in [0.5, 0.6) is 0 Å². The SMILES string of the molecule is CCn1ncc2ccc(Nc3nc(N[C@H](C(C)C)[C@H](C)NC(=O)O)c(F)cc3C#N)cc21. The van der Waals surface area contributed by atoms with Gasteiger partial charge in [-0.25, -0.2) is 14.2 Å². The molecule has 0 spiro atoms. The van der Waals surface area contributed by atoms with Gasteiger partial charge in [0.2, 0.25) is 0 Å². The first-order valence-corrected chi connectivity index (χ1v) is 10.3. The Labute approximate surface area is 185 Å². The summed E-state index contributed by atoms with van der Waals surface area (Å²) in [7, 11) is 0. The summed E-state index contributed by atoms with van der Waals surface area (Å²) in [5.41, 5.74) is 1.65. The van der Waals surface area contributed by atoms with Crippen molar-refractivity contribution in [3.63, 3.8) is 0 Å². The maximum absolute atomic E-state index is 14.7. The molecule has 2 heterocycles. The highest BCUT2D eigenvalue weighted by molar-refractivity contribution is 5.83. The van der Waals surface area contributed by atoms with Crippen LogP contribution in [-0.2, 0) is 6.54 Å². The van der Waals surface area contributed by atoms with E-state index in [1.54, 1.807) is 13.1 Å². The Balaban J connectivity index is 1.94. The van der Waals surface area contributed by atoms with Crippen LogP contribution in [0.4, 0.5) is 26.5 Å². The highest BCUT2D eigenvalue weighted by Crippen LogP contribution is 2.27. The van der Waals surface area contributed by atoms with E-state index in [2.05, 4.69) is 26.0 Å². The van der Waals surface area contributed by atoms with Gasteiger partial charge in [-0.15, -0.1) is 0 Å². The summed E-state index contributed by atoms with van der Waals surface area (Å²) in [6.45, 7) is 8.18. The third-order valence-corrected chi connectivity index (χ3v) is 5.21. The zero-order valence-corrected chi connectivity index (χ0v) is 18.3. The number of hydrogen-bond acceptors (Lipinski definition) is 6. The number of rotatable bonds is 8. The first kappa shape index (κ1) is 22.8. The van der Waals surface area contributed by atoms with E-state index in [1.165, 1.54) is 0 Å². The van der Waals surface area contributed by atoms with Crippen molar-refractivity contribution < 1.29 is 14.3 Å². The van der Waals surface area contributed by atoms with Crippen molar-refractivity contribution >= 4 is 34.3 Å². The summed E-state index contributed by atoms with van der Waals surface area (Å²) in [6, 6.07) is 7.77. The number of carbonyl (C=O) groups is 1. The maximum Gasteiger partial charge on any atom is 0.404 e. The first-order valence-electron chi connectivity index (χ1n) is 10.3. The summed E-state index contributed by atoms with van der Waals surface area (Å²) in [5.74, 6) is -0.592. The summed E-state index contributed by atoms with van der Waals surface area (Å²) in [6.07, 6.45) is 0.613. The zero-order chi connectivity index (χ0) is 23.4. The molecule has 3 rings (SSSR count). The number of halogens is 1. The van der Waals surface area contributed by atoms with Crippen LogP contribution < -0.4 is 16.0 Å². The van der Waals surface area contributed by atoms with Crippen molar-refractivity contribution in [3.8, 4) is 6.07 Å². The van der Waals surface area contributed by atoms with Crippen LogP contribution in [-0.4, -0.2) is 38.0 Å². The molecule has 0 bridgehead atoms. The summed E-state index contributed by atoms with van der Waals surface area (Å²) in [4.78, 5) is 15.4. The normalized spacial score (nSPS) is 12.9. The molecule has 2 aromatic heterocycles. The van der Waals surface area contributed by atoms with Crippen LogP contribution in [0.2, 0.25) is 0 Å². The van der Waals surface area contributed by atoms with Crippen molar-refractivity contribution in [2.75, 3.05) is 10.6 Å². The molecule has 0 aliphatic carbocycles. The smallest absolute Gasteiger partial charge is 0.404 e. The number of benzene rings is 1. The summed E-state index contributed by atoms with van der Waals surface area (Å²) < 4.78 is 16.6. The van der Waals surface area contributed by atoms with Gasteiger partial charge in [0.1, 0.15) is 6.07 Å². The monoisotopic (exact) mass is 439 g/mol. The molecule has 0 radical (unpaired) electrons. The Hall–Kier alpha value is -3.87. The maximum atomic E-state index is 14.7. The number of nitrogens with one attached hydrogen (secondary N) is 3. The lowest BCUT2D eigenvalue weighted by Crippen LogP contribution is -2.47. The van der Waals surface area contributed by atoms with Crippen LogP contribution >= 0.6 is 0 Å². The Bertz CT molecular complexity index is 1170. The van der Waals surface area contributed by atoms with Gasteiger partial charge in [0.15, 0.2) is 17.5 Å². The minimum Gasteiger partial charge on any atom is -0.465 e. The number of amides is 1. The molecule has 0 unspecified atom stereocenters. The van der Waals surface area contributed by atoms with Crippen molar-refractivity contribution in [1.29, 1.82) is 5.26 Å². The van der Waals surface area contributed by atoms with Crippen LogP contribution in [0.15, 0.2) is 30.5 Å². The van der Waals surface area contributed by atoms with Gasteiger partial charge in [-0.1, -0.05) is 13.8 Å². The molecule has 3 aromatic rings. The first-order chi connectivity index (χ1) is 15.2. The van der Waals surface area contributed by atoms with Gasteiger partial charge >= 0.3 is 6.09 Å². The molecule has 0 aliphatic rings. The Morgan fingerprint density at radius 1 is 1.28 bits per heavy atom. The number of fused-ring (bicyclic) bond motifs is 1. The number of anilines is 3. The molecule has 10 heteroatoms. The van der Waals surface area contributed by atoms with E-state index < -0.39 is 24.0 Å². The molecule has 0 aliphatic heterocycles. The van der Waals surface area contributed by atoms with Crippen LogP contribution in [0, 0.1) is 23.1 Å². The van der Waals surface area contributed by atoms with Crippen LogP contribution in [0.25, 0.3) is 10.9 Å². The Kier molecular flexibility index (Phi) is 6.78. The van der Waals surface area contributed by atoms with Gasteiger partial charge in [0.25, 0.3) is 0 Å². The fourth-order valence-electron chi connectivity index (χ4n) is 3.62. The van der Waals surface area contributed by atoms with Crippen molar-refractivity contribution in [3.05, 3.63) is 41.8 Å². The van der Waals surface area contributed by atoms with E-state index in [-0.39, 0.29) is 23.1 Å². The molecular weight excluding hydrogens is 413 g/mol. The average Bonchev–Trinajstić information content (AvgIpc) is 3.15. The van der Waals surface area contributed by atoms with Gasteiger partial charge in [-0.3, -0.25) is 4.68 Å². The Morgan fingerprint density at radius 2 is 2.03 bits per heavy atom. The van der Waals surface area contributed by atoms with E-state index in [1.807, 2.05) is 49.7 Å². The lowest BCUT2D eigenvalue weighted by atomic mass is 9.97. The lowest BCUT2D eigenvalue weighted by molar-refractivity contribution is 0.188. The molecule has 0 saturated heterocycles. The standard InChI is InChI=1S/C22H26FN7O2/c1-5-30-18-9-16(7-6-14(18)11-25-30)27-20-15(10-24)8-17(23)21(29-20)28-19(12(2)3)13(4)26-22(31)32/h6-9,11-13,19,26H,5H2,1-4H3,(H,31,32)(H2,27,28,29)/t13-,19+/m0/s1. The third kappa shape index (κ3) is 4.88. The minimum atomic E-state index is -1.16. The highest BCUT2D eigenvalue weighted by atomic mass is 19.1. The zero-order valence-electron chi connectivity index (χ0n) is 18.3. The number of carboxylic acid groups (broad SMARTS) is 1. The van der Waals surface area contributed by atoms with Crippen molar-refractivity contribution in [1.82, 2.24) is 20.1 Å². The second kappa shape index (κ2) is 9.51. The molecule has 1 amide bonds. The van der Waals surface area contributed by atoms with Crippen molar-refractivity contribution in [2.45, 2.75) is 46.3 Å². The van der Waals surface area contributed by atoms with E-state index in [4.69, 9.17) is 5.11 Å². The summed E-state index contributed by atoms with van der Waals surface area (Å²) >= 11 is 0. The predicted octanol–water partition coefficient (Wildman–Crippen LogP) is 4.30. The molecule has 168 valence electrons. The molecule has 2 atom stereocenters. The lowest BCUT2D eigenvalue weighted by Gasteiger charge is -2.29. The average molecular weight is 439 g/mol. The molecule has 1 aromatic carbocycles. The minimum absolute atomic E-state index is 0.0261. The number of nitrogens with zero attached hydrogens (tertiary/aromatic N) is 4. The molecule has 4 N–H and O–H groups in total. The summed E-state index contributed by atoms with van der Waals surface area (Å²) in [5, 5.41) is 32.3. The van der Waals surface area contributed by atoms with Crippen LogP contribution in [0.3, 0.4) is 0 Å². The van der Waals surface area contributed by atoms with Gasteiger partial charge < -0.3 is 21.1 Å². The molecule has 32 heavy (non-hydrogen) atoms. The number of aromatic nitrogens is 3. The van der Waals surface area contributed by atoms with Gasteiger partial charge in [0, 0.05) is 29.7 Å². The number of nitriles is 1. The van der Waals surface area contributed by atoms with E-state index in [0.717, 1.165) is 17.0 Å². The van der Waals surface area contributed by atoms with Crippen LogP contribution in [0.1, 0.15) is 33.3 Å². The number of aryl methyl sites for hydroxylation is 1. The fourth-order valence-corrected chi connectivity index (χ4v) is 3.62. The quantitative estimate of drug-likeness (QED) is 0.412. The largest absolute Gasteiger partial charge is 0.465 e. The molecule has 0 fully saturated rings. The molecular formula is C22H26FN7O2. The number of hydrogen-bond donors (Lipinski definition) is 4. The Morgan fingerprint density at radius 3 is 2.66 bits per heavy atom. The third-order valence-electron chi connectivity index (χ3n) is 5.21. The van der Waals surface area contributed by atoms with E-state index >= 15 is 0 Å². The van der Waals surface area contributed by atoms with Gasteiger partial charge in [-0.05, 0) is 44.0 Å². The predicted molar refractivity (Wildman–Crippen MR) is 120 cm³/mol. The number of pyridine rings is 1. The topological polar surface area (TPSA) is 128 Å². The molecule has 9 nitrogen and oxygen atoms in total.